The van der Waals surface area contributed by atoms with Crippen molar-refractivity contribution in [3.8, 4) is 0 Å². The molecule has 0 spiro atoms. The van der Waals surface area contributed by atoms with Gasteiger partial charge in [-0.2, -0.15) is 0 Å². The first-order valence-corrected chi connectivity index (χ1v) is 6.88. The molecule has 0 saturated carbocycles. The minimum atomic E-state index is -0.806. The number of hydrogen-bond acceptors (Lipinski definition) is 3. The van der Waals surface area contributed by atoms with Gasteiger partial charge in [-0.15, -0.1) is 0 Å². The Bertz CT molecular complexity index is 434. The highest BCUT2D eigenvalue weighted by molar-refractivity contribution is 5.86. The van der Waals surface area contributed by atoms with Crippen LogP contribution in [-0.4, -0.2) is 37.0 Å². The molecule has 2 unspecified atom stereocenters. The van der Waals surface area contributed by atoms with Gasteiger partial charge in [-0.1, -0.05) is 30.3 Å². The smallest absolute Gasteiger partial charge is 0.243 e. The van der Waals surface area contributed by atoms with E-state index in [-0.39, 0.29) is 5.91 Å². The van der Waals surface area contributed by atoms with Crippen LogP contribution >= 0.6 is 0 Å². The number of primary amides is 1. The van der Waals surface area contributed by atoms with E-state index in [1.165, 1.54) is 12.8 Å². The van der Waals surface area contributed by atoms with Crippen molar-refractivity contribution in [2.75, 3.05) is 20.1 Å². The minimum Gasteiger partial charge on any atom is -0.368 e. The second-order valence-corrected chi connectivity index (χ2v) is 5.35. The number of likely N-dealkylation sites (N-methyl/N-ethyl adjacent to an activating group) is 1. The van der Waals surface area contributed by atoms with Crippen LogP contribution in [0.25, 0.3) is 0 Å². The number of likely N-dealkylation sites (tertiary alicyclic amines) is 1. The first-order valence-electron chi connectivity index (χ1n) is 6.88. The number of benzene rings is 1. The molecule has 1 aliphatic rings. The number of carbonyl (C=O) groups is 1. The van der Waals surface area contributed by atoms with E-state index in [1.807, 2.05) is 30.3 Å². The fourth-order valence-corrected chi connectivity index (χ4v) is 2.91. The van der Waals surface area contributed by atoms with Crippen molar-refractivity contribution in [2.45, 2.75) is 31.3 Å². The SMILES string of the molecule is CNC(CN1CCCC1C)(C(N)=O)c1ccccc1. The first-order chi connectivity index (χ1) is 9.10. The molecule has 4 nitrogen and oxygen atoms in total. The van der Waals surface area contributed by atoms with E-state index in [9.17, 15) is 4.79 Å². The number of nitrogens with zero attached hydrogens (tertiary/aromatic N) is 1. The van der Waals surface area contributed by atoms with Crippen LogP contribution in [0.3, 0.4) is 0 Å². The lowest BCUT2D eigenvalue weighted by atomic mass is 9.88. The van der Waals surface area contributed by atoms with Crippen LogP contribution in [0.1, 0.15) is 25.3 Å². The van der Waals surface area contributed by atoms with Crippen molar-refractivity contribution in [3.05, 3.63) is 35.9 Å². The van der Waals surface area contributed by atoms with Crippen molar-refractivity contribution in [1.29, 1.82) is 0 Å². The molecule has 1 aromatic rings. The maximum atomic E-state index is 12.1. The molecule has 1 aromatic carbocycles. The van der Waals surface area contributed by atoms with Gasteiger partial charge in [-0.25, -0.2) is 0 Å². The molecule has 3 N–H and O–H groups in total. The normalized spacial score (nSPS) is 23.2. The summed E-state index contributed by atoms with van der Waals surface area (Å²) in [7, 11) is 1.80. The Hall–Kier alpha value is -1.39. The summed E-state index contributed by atoms with van der Waals surface area (Å²) in [5.74, 6) is -0.319. The Balaban J connectivity index is 2.32. The molecule has 2 rings (SSSR count). The molecule has 0 aromatic heterocycles. The van der Waals surface area contributed by atoms with Crippen molar-refractivity contribution in [1.82, 2.24) is 10.2 Å². The number of amides is 1. The Kier molecular flexibility index (Phi) is 4.22. The molecule has 0 aliphatic carbocycles. The topological polar surface area (TPSA) is 58.4 Å². The second-order valence-electron chi connectivity index (χ2n) is 5.35. The highest BCUT2D eigenvalue weighted by Crippen LogP contribution is 2.26. The summed E-state index contributed by atoms with van der Waals surface area (Å²) >= 11 is 0. The number of rotatable bonds is 5. The van der Waals surface area contributed by atoms with E-state index < -0.39 is 5.54 Å². The first kappa shape index (κ1) is 14.0. The van der Waals surface area contributed by atoms with Crippen LogP contribution in [0.15, 0.2) is 30.3 Å². The van der Waals surface area contributed by atoms with Gasteiger partial charge in [0.15, 0.2) is 0 Å². The van der Waals surface area contributed by atoms with Crippen LogP contribution < -0.4 is 11.1 Å². The van der Waals surface area contributed by atoms with Crippen LogP contribution in [0.5, 0.6) is 0 Å². The van der Waals surface area contributed by atoms with E-state index in [0.717, 1.165) is 12.1 Å². The standard InChI is InChI=1S/C15H23N3O/c1-12-7-6-10-18(12)11-15(17-2,14(16)19)13-8-4-3-5-9-13/h3-5,8-9,12,17H,6-7,10-11H2,1-2H3,(H2,16,19). The van der Waals surface area contributed by atoms with Gasteiger partial charge in [0.25, 0.3) is 0 Å². The van der Waals surface area contributed by atoms with E-state index in [1.54, 1.807) is 7.05 Å². The van der Waals surface area contributed by atoms with Gasteiger partial charge in [-0.3, -0.25) is 9.69 Å². The molecule has 104 valence electrons. The molecular formula is C15H23N3O. The summed E-state index contributed by atoms with van der Waals surface area (Å²) in [5, 5.41) is 3.16. The fraction of sp³-hybridized carbons (Fsp3) is 0.533. The quantitative estimate of drug-likeness (QED) is 0.833. The molecule has 4 heteroatoms. The lowest BCUT2D eigenvalue weighted by Gasteiger charge is -2.36. The molecule has 0 bridgehead atoms. The van der Waals surface area contributed by atoms with Crippen molar-refractivity contribution in [3.63, 3.8) is 0 Å². The van der Waals surface area contributed by atoms with Gasteiger partial charge < -0.3 is 11.1 Å². The summed E-state index contributed by atoms with van der Waals surface area (Å²) < 4.78 is 0. The van der Waals surface area contributed by atoms with E-state index >= 15 is 0 Å². The molecule has 1 amide bonds. The average molecular weight is 261 g/mol. The fourth-order valence-electron chi connectivity index (χ4n) is 2.91. The maximum absolute atomic E-state index is 12.1. The van der Waals surface area contributed by atoms with Crippen molar-refractivity contribution >= 4 is 5.91 Å². The Morgan fingerprint density at radius 2 is 2.16 bits per heavy atom. The summed E-state index contributed by atoms with van der Waals surface area (Å²) in [4.78, 5) is 14.4. The number of nitrogens with one attached hydrogen (secondary N) is 1. The van der Waals surface area contributed by atoms with E-state index in [4.69, 9.17) is 5.73 Å². The van der Waals surface area contributed by atoms with Gasteiger partial charge in [0.05, 0.1) is 0 Å². The zero-order valence-corrected chi connectivity index (χ0v) is 11.7. The zero-order valence-electron chi connectivity index (χ0n) is 11.7. The maximum Gasteiger partial charge on any atom is 0.243 e. The predicted molar refractivity (Wildman–Crippen MR) is 76.6 cm³/mol. The number of nitrogens with two attached hydrogens (primary N) is 1. The van der Waals surface area contributed by atoms with Crippen LogP contribution in [-0.2, 0) is 10.3 Å². The van der Waals surface area contributed by atoms with Gasteiger partial charge in [-0.05, 0) is 38.9 Å². The molecule has 1 fully saturated rings. The van der Waals surface area contributed by atoms with Crippen LogP contribution in [0, 0.1) is 0 Å². The highest BCUT2D eigenvalue weighted by Gasteiger charge is 2.40. The highest BCUT2D eigenvalue weighted by atomic mass is 16.1. The van der Waals surface area contributed by atoms with Crippen LogP contribution in [0.4, 0.5) is 0 Å². The molecule has 1 saturated heterocycles. The van der Waals surface area contributed by atoms with E-state index in [2.05, 4.69) is 17.1 Å². The molecular weight excluding hydrogens is 238 g/mol. The Morgan fingerprint density at radius 3 is 2.63 bits per heavy atom. The molecule has 1 heterocycles. The summed E-state index contributed by atoms with van der Waals surface area (Å²) in [6.45, 7) is 3.87. The monoisotopic (exact) mass is 261 g/mol. The van der Waals surface area contributed by atoms with Crippen LogP contribution in [0.2, 0.25) is 0 Å². The van der Waals surface area contributed by atoms with Crippen molar-refractivity contribution in [2.24, 2.45) is 5.73 Å². The molecule has 2 atom stereocenters. The average Bonchev–Trinajstić information content (AvgIpc) is 2.82. The van der Waals surface area contributed by atoms with Gasteiger partial charge >= 0.3 is 0 Å². The summed E-state index contributed by atoms with van der Waals surface area (Å²) in [6.07, 6.45) is 2.38. The van der Waals surface area contributed by atoms with Crippen molar-refractivity contribution < 1.29 is 4.79 Å². The molecule has 1 aliphatic heterocycles. The third-order valence-electron chi connectivity index (χ3n) is 4.24. The third kappa shape index (κ3) is 2.65. The third-order valence-corrected chi connectivity index (χ3v) is 4.24. The predicted octanol–water partition coefficient (Wildman–Crippen LogP) is 1.07. The number of hydrogen-bond donors (Lipinski definition) is 2. The largest absolute Gasteiger partial charge is 0.368 e. The summed E-state index contributed by atoms with van der Waals surface area (Å²) in [5.41, 5.74) is 5.84. The zero-order chi connectivity index (χ0) is 13.9. The Labute approximate surface area is 115 Å². The van der Waals surface area contributed by atoms with Gasteiger partial charge in [0.1, 0.15) is 5.54 Å². The lowest BCUT2D eigenvalue weighted by molar-refractivity contribution is -0.125. The minimum absolute atomic E-state index is 0.319. The summed E-state index contributed by atoms with van der Waals surface area (Å²) in [6, 6.07) is 10.3. The van der Waals surface area contributed by atoms with Gasteiger partial charge in [0.2, 0.25) is 5.91 Å². The van der Waals surface area contributed by atoms with Gasteiger partial charge in [0, 0.05) is 12.6 Å². The Morgan fingerprint density at radius 1 is 1.47 bits per heavy atom. The second kappa shape index (κ2) is 5.72. The molecule has 19 heavy (non-hydrogen) atoms. The molecule has 0 radical (unpaired) electrons. The lowest BCUT2D eigenvalue weighted by Crippen LogP contribution is -2.58. The van der Waals surface area contributed by atoms with E-state index in [0.29, 0.717) is 12.6 Å². The number of carbonyl (C=O) groups excluding carboxylic acids is 1.